The van der Waals surface area contributed by atoms with E-state index in [4.69, 9.17) is 0 Å². The molecule has 0 aliphatic rings. The number of nitrogens with one attached hydrogen (secondary N) is 2. The van der Waals surface area contributed by atoms with Crippen LogP contribution in [0.25, 0.3) is 10.7 Å². The zero-order chi connectivity index (χ0) is 14.8. The molecule has 0 bridgehead atoms. The Morgan fingerprint density at radius 2 is 2.20 bits per heavy atom. The van der Waals surface area contributed by atoms with Crippen LogP contribution in [0.5, 0.6) is 0 Å². The molecule has 0 radical (unpaired) electrons. The van der Waals surface area contributed by atoms with Crippen molar-refractivity contribution in [2.45, 2.75) is 13.1 Å². The molecule has 108 valence electrons. The van der Waals surface area contributed by atoms with E-state index >= 15 is 0 Å². The van der Waals surface area contributed by atoms with Crippen molar-refractivity contribution < 1.29 is 18.0 Å². The van der Waals surface area contributed by atoms with E-state index in [1.807, 2.05) is 18.4 Å². The Labute approximate surface area is 120 Å². The van der Waals surface area contributed by atoms with E-state index in [1.54, 1.807) is 5.32 Å². The number of amides is 2. The molecule has 5 nitrogen and oxygen atoms in total. The summed E-state index contributed by atoms with van der Waals surface area (Å²) in [5.74, 6) is 0.452. The van der Waals surface area contributed by atoms with Crippen molar-refractivity contribution in [2.75, 3.05) is 11.9 Å². The summed E-state index contributed by atoms with van der Waals surface area (Å²) in [6.07, 6.45) is -4.45. The van der Waals surface area contributed by atoms with E-state index in [-0.39, 0.29) is 5.13 Å². The quantitative estimate of drug-likeness (QED) is 0.911. The van der Waals surface area contributed by atoms with Crippen molar-refractivity contribution in [1.82, 2.24) is 14.7 Å². The minimum absolute atomic E-state index is 0.146. The van der Waals surface area contributed by atoms with Crippen molar-refractivity contribution in [2.24, 2.45) is 0 Å². The number of urea groups is 1. The van der Waals surface area contributed by atoms with E-state index in [9.17, 15) is 18.0 Å². The molecule has 0 atom stereocenters. The molecule has 10 heteroatoms. The van der Waals surface area contributed by atoms with E-state index < -0.39 is 18.8 Å². The Hall–Kier alpha value is -1.68. The van der Waals surface area contributed by atoms with E-state index in [0.717, 1.165) is 22.0 Å². The lowest BCUT2D eigenvalue weighted by atomic mass is 10.3. The maximum Gasteiger partial charge on any atom is 0.405 e. The van der Waals surface area contributed by atoms with Gasteiger partial charge in [0, 0.05) is 11.5 Å². The second-order valence-electron chi connectivity index (χ2n) is 3.78. The Morgan fingerprint density at radius 1 is 1.45 bits per heavy atom. The predicted octanol–water partition coefficient (Wildman–Crippen LogP) is 3.26. The fourth-order valence-electron chi connectivity index (χ4n) is 1.29. The lowest BCUT2D eigenvalue weighted by Gasteiger charge is -2.07. The molecule has 0 aliphatic heterocycles. The van der Waals surface area contributed by atoms with Crippen LogP contribution < -0.4 is 10.6 Å². The first kappa shape index (κ1) is 14.7. The molecule has 0 unspecified atom stereocenters. The van der Waals surface area contributed by atoms with Gasteiger partial charge in [0.15, 0.2) is 5.82 Å². The monoisotopic (exact) mass is 322 g/mol. The van der Waals surface area contributed by atoms with E-state index in [2.05, 4.69) is 14.7 Å². The van der Waals surface area contributed by atoms with Crippen LogP contribution in [-0.4, -0.2) is 28.1 Å². The molecule has 2 aromatic heterocycles. The average Bonchev–Trinajstić information content (AvgIpc) is 2.94. The maximum atomic E-state index is 11.9. The van der Waals surface area contributed by atoms with Gasteiger partial charge >= 0.3 is 12.2 Å². The number of nitrogens with zero attached hydrogens (tertiary/aromatic N) is 2. The molecule has 0 saturated carbocycles. The maximum absolute atomic E-state index is 11.9. The summed E-state index contributed by atoms with van der Waals surface area (Å²) < 4.78 is 39.8. The van der Waals surface area contributed by atoms with Gasteiger partial charge in [-0.1, -0.05) is 0 Å². The summed E-state index contributed by atoms with van der Waals surface area (Å²) >= 11 is 2.36. The lowest BCUT2D eigenvalue weighted by molar-refractivity contribution is -0.122. The standard InChI is InChI=1S/C10H9F3N4OS2/c1-5-2-3-19-6(5)7-15-9(20-17-7)16-8(18)14-4-10(11,12)13/h2-3H,4H2,1H3,(H2,14,15,16,17,18). The number of carbonyl (C=O) groups excluding carboxylic acids is 1. The molecule has 0 spiro atoms. The summed E-state index contributed by atoms with van der Waals surface area (Å²) in [5, 5.41) is 5.94. The van der Waals surface area contributed by atoms with Gasteiger partial charge in [-0.3, -0.25) is 5.32 Å². The van der Waals surface area contributed by atoms with Crippen LogP contribution in [0.2, 0.25) is 0 Å². The van der Waals surface area contributed by atoms with Crippen LogP contribution in [0.3, 0.4) is 0 Å². The number of halogens is 3. The van der Waals surface area contributed by atoms with Crippen molar-refractivity contribution in [3.8, 4) is 10.7 Å². The smallest absolute Gasteiger partial charge is 0.329 e. The van der Waals surface area contributed by atoms with Crippen molar-refractivity contribution in [3.05, 3.63) is 17.0 Å². The molecule has 0 aliphatic carbocycles. The van der Waals surface area contributed by atoms with Gasteiger partial charge in [-0.05, 0) is 23.9 Å². The molecule has 0 fully saturated rings. The highest BCUT2D eigenvalue weighted by molar-refractivity contribution is 7.14. The topological polar surface area (TPSA) is 66.9 Å². The second-order valence-corrected chi connectivity index (χ2v) is 5.45. The third-order valence-electron chi connectivity index (χ3n) is 2.16. The van der Waals surface area contributed by atoms with Gasteiger partial charge in [-0.25, -0.2) is 4.79 Å². The van der Waals surface area contributed by atoms with E-state index in [0.29, 0.717) is 5.82 Å². The predicted molar refractivity (Wildman–Crippen MR) is 71.0 cm³/mol. The minimum Gasteiger partial charge on any atom is -0.329 e. The fourth-order valence-corrected chi connectivity index (χ4v) is 2.78. The average molecular weight is 322 g/mol. The number of rotatable bonds is 3. The zero-order valence-electron chi connectivity index (χ0n) is 10.1. The van der Waals surface area contributed by atoms with Gasteiger partial charge in [0.25, 0.3) is 0 Å². The highest BCUT2D eigenvalue weighted by atomic mass is 32.1. The number of hydrogen-bond acceptors (Lipinski definition) is 5. The van der Waals surface area contributed by atoms with Gasteiger partial charge in [-0.2, -0.15) is 22.5 Å². The normalized spacial score (nSPS) is 11.4. The van der Waals surface area contributed by atoms with Gasteiger partial charge in [0.1, 0.15) is 6.54 Å². The minimum atomic E-state index is -4.45. The number of aromatic nitrogens is 2. The molecule has 2 aromatic rings. The molecular formula is C10H9F3N4OS2. The summed E-state index contributed by atoms with van der Waals surface area (Å²) in [6, 6.07) is 0.942. The van der Waals surface area contributed by atoms with Crippen LogP contribution in [0, 0.1) is 6.92 Å². The summed E-state index contributed by atoms with van der Waals surface area (Å²) in [7, 11) is 0. The highest BCUT2D eigenvalue weighted by Gasteiger charge is 2.27. The Bertz CT molecular complexity index is 608. The fraction of sp³-hybridized carbons (Fsp3) is 0.300. The Kier molecular flexibility index (Phi) is 4.23. The summed E-state index contributed by atoms with van der Waals surface area (Å²) in [4.78, 5) is 16.2. The number of anilines is 1. The summed E-state index contributed by atoms with van der Waals surface area (Å²) in [6.45, 7) is 0.504. The summed E-state index contributed by atoms with van der Waals surface area (Å²) in [5.41, 5.74) is 1.00. The SMILES string of the molecule is Cc1ccsc1-c1nsc(NC(=O)NCC(F)(F)F)n1. The Balaban J connectivity index is 1.97. The van der Waals surface area contributed by atoms with Crippen LogP contribution in [-0.2, 0) is 0 Å². The number of hydrogen-bond donors (Lipinski definition) is 2. The largest absolute Gasteiger partial charge is 0.405 e. The van der Waals surface area contributed by atoms with Gasteiger partial charge in [0.2, 0.25) is 5.13 Å². The van der Waals surface area contributed by atoms with Crippen molar-refractivity contribution in [3.63, 3.8) is 0 Å². The molecule has 20 heavy (non-hydrogen) atoms. The molecule has 2 heterocycles. The molecular weight excluding hydrogens is 313 g/mol. The van der Waals surface area contributed by atoms with Gasteiger partial charge < -0.3 is 5.32 Å². The number of alkyl halides is 3. The van der Waals surface area contributed by atoms with Crippen LogP contribution >= 0.6 is 22.9 Å². The number of thiophene rings is 1. The molecule has 2 amide bonds. The third kappa shape index (κ3) is 3.90. The molecule has 0 saturated heterocycles. The van der Waals surface area contributed by atoms with Gasteiger partial charge in [-0.15, -0.1) is 11.3 Å². The van der Waals surface area contributed by atoms with Crippen LogP contribution in [0.15, 0.2) is 11.4 Å². The van der Waals surface area contributed by atoms with E-state index in [1.165, 1.54) is 11.3 Å². The van der Waals surface area contributed by atoms with Crippen molar-refractivity contribution >= 4 is 34.0 Å². The molecule has 2 rings (SSSR count). The van der Waals surface area contributed by atoms with Crippen molar-refractivity contribution in [1.29, 1.82) is 0 Å². The number of aryl methyl sites for hydroxylation is 1. The third-order valence-corrected chi connectivity index (χ3v) is 3.80. The molecule has 2 N–H and O–H groups in total. The lowest BCUT2D eigenvalue weighted by Crippen LogP contribution is -2.36. The molecule has 0 aromatic carbocycles. The zero-order valence-corrected chi connectivity index (χ0v) is 11.7. The first-order valence-corrected chi connectivity index (χ1v) is 7.00. The first-order chi connectivity index (χ1) is 9.35. The van der Waals surface area contributed by atoms with Crippen LogP contribution in [0.1, 0.15) is 5.56 Å². The number of carbonyl (C=O) groups is 1. The highest BCUT2D eigenvalue weighted by Crippen LogP contribution is 2.28. The first-order valence-electron chi connectivity index (χ1n) is 5.35. The van der Waals surface area contributed by atoms with Crippen LogP contribution in [0.4, 0.5) is 23.1 Å². The Morgan fingerprint density at radius 3 is 2.80 bits per heavy atom. The van der Waals surface area contributed by atoms with Gasteiger partial charge in [0.05, 0.1) is 4.88 Å². The second kappa shape index (κ2) is 5.75.